The van der Waals surface area contributed by atoms with E-state index in [0.29, 0.717) is 11.3 Å². The van der Waals surface area contributed by atoms with Gasteiger partial charge in [0.2, 0.25) is 0 Å². The van der Waals surface area contributed by atoms with Gasteiger partial charge in [0.25, 0.3) is 0 Å². The molecular formula is C31H31N3S2. The topological polar surface area (TPSA) is 18.5 Å². The minimum absolute atomic E-state index is 0.309. The number of piperazine rings is 1. The monoisotopic (exact) mass is 509 g/mol. The zero-order valence-electron chi connectivity index (χ0n) is 20.5. The van der Waals surface area contributed by atoms with E-state index in [0.717, 1.165) is 26.2 Å². The largest absolute Gasteiger partial charge is 0.354 e. The van der Waals surface area contributed by atoms with Crippen LogP contribution in [0.3, 0.4) is 0 Å². The van der Waals surface area contributed by atoms with Crippen LogP contribution in [0.15, 0.2) is 113 Å². The summed E-state index contributed by atoms with van der Waals surface area (Å²) in [6, 6.07) is 37.7. The summed E-state index contributed by atoms with van der Waals surface area (Å²) in [5.74, 6) is 0. The Morgan fingerprint density at radius 2 is 1.28 bits per heavy atom. The van der Waals surface area contributed by atoms with Gasteiger partial charge in [-0.25, -0.2) is 4.31 Å². The van der Waals surface area contributed by atoms with Crippen LogP contribution in [0, 0.1) is 0 Å². The zero-order chi connectivity index (χ0) is 24.3. The van der Waals surface area contributed by atoms with Gasteiger partial charge in [-0.05, 0) is 47.9 Å². The molecule has 36 heavy (non-hydrogen) atoms. The number of para-hydroxylation sites is 1. The Kier molecular flexibility index (Phi) is 7.06. The summed E-state index contributed by atoms with van der Waals surface area (Å²) in [4.78, 5) is 5.24. The number of nitrogens with one attached hydrogen (secondary N) is 1. The van der Waals surface area contributed by atoms with Gasteiger partial charge in [0, 0.05) is 41.2 Å². The molecule has 2 aliphatic heterocycles. The summed E-state index contributed by atoms with van der Waals surface area (Å²) < 4.78 is 2.56. The molecule has 0 radical (unpaired) electrons. The molecular weight excluding hydrogens is 478 g/mol. The molecule has 0 aliphatic carbocycles. The Morgan fingerprint density at radius 3 is 1.97 bits per heavy atom. The molecule has 3 nitrogen and oxygen atoms in total. The second kappa shape index (κ2) is 10.7. The first-order chi connectivity index (χ1) is 17.7. The Labute approximate surface area is 223 Å². The predicted octanol–water partition coefficient (Wildman–Crippen LogP) is 8.01. The van der Waals surface area contributed by atoms with E-state index in [4.69, 9.17) is 0 Å². The SMILES string of the molecule is CC(SN1CCN(C(c2ccccc2)c2ccccc2)CC1)c1ccc2c(c1)Nc1ccccc1S2. The molecule has 1 atom stereocenters. The van der Waals surface area contributed by atoms with E-state index in [1.807, 2.05) is 23.7 Å². The third kappa shape index (κ3) is 5.07. The van der Waals surface area contributed by atoms with E-state index in [1.165, 1.54) is 37.9 Å². The van der Waals surface area contributed by atoms with Crippen LogP contribution in [-0.2, 0) is 0 Å². The van der Waals surface area contributed by atoms with Gasteiger partial charge in [0.05, 0.1) is 17.4 Å². The fraction of sp³-hybridized carbons (Fsp3) is 0.226. The highest BCUT2D eigenvalue weighted by molar-refractivity contribution is 7.99. The van der Waals surface area contributed by atoms with Crippen molar-refractivity contribution < 1.29 is 0 Å². The van der Waals surface area contributed by atoms with E-state index >= 15 is 0 Å². The normalized spacial score (nSPS) is 16.7. The molecule has 4 aromatic carbocycles. The van der Waals surface area contributed by atoms with Crippen LogP contribution in [0.5, 0.6) is 0 Å². The lowest BCUT2D eigenvalue weighted by molar-refractivity contribution is 0.161. The maximum atomic E-state index is 3.64. The van der Waals surface area contributed by atoms with Gasteiger partial charge in [-0.2, -0.15) is 0 Å². The number of anilines is 2. The molecule has 1 N–H and O–H groups in total. The Bertz CT molecular complexity index is 1260. The maximum Gasteiger partial charge on any atom is 0.0602 e. The molecule has 4 aromatic rings. The number of hydrogen-bond donors (Lipinski definition) is 1. The van der Waals surface area contributed by atoms with Crippen LogP contribution in [0.25, 0.3) is 0 Å². The lowest BCUT2D eigenvalue weighted by Crippen LogP contribution is -2.45. The van der Waals surface area contributed by atoms with E-state index in [1.54, 1.807) is 0 Å². The third-order valence-electron chi connectivity index (χ3n) is 7.03. The Balaban J connectivity index is 1.11. The minimum atomic E-state index is 0.309. The van der Waals surface area contributed by atoms with Crippen molar-refractivity contribution in [1.82, 2.24) is 9.21 Å². The van der Waals surface area contributed by atoms with E-state index in [9.17, 15) is 0 Å². The van der Waals surface area contributed by atoms with Gasteiger partial charge < -0.3 is 5.32 Å². The van der Waals surface area contributed by atoms with Gasteiger partial charge in [0.1, 0.15) is 0 Å². The summed E-state index contributed by atoms with van der Waals surface area (Å²) >= 11 is 3.84. The molecule has 0 bridgehead atoms. The molecule has 0 saturated carbocycles. The van der Waals surface area contributed by atoms with Crippen LogP contribution >= 0.6 is 23.7 Å². The summed E-state index contributed by atoms with van der Waals surface area (Å²) in [5.41, 5.74) is 6.55. The lowest BCUT2D eigenvalue weighted by atomic mass is 9.96. The van der Waals surface area contributed by atoms with Crippen molar-refractivity contribution in [3.8, 4) is 0 Å². The summed E-state index contributed by atoms with van der Waals surface area (Å²) in [7, 11) is 0. The molecule has 1 saturated heterocycles. The molecule has 2 aliphatic rings. The van der Waals surface area contributed by atoms with Gasteiger partial charge in [-0.1, -0.05) is 103 Å². The molecule has 0 spiro atoms. The molecule has 2 heterocycles. The highest BCUT2D eigenvalue weighted by Crippen LogP contribution is 2.45. The first-order valence-corrected chi connectivity index (χ1v) is 14.3. The zero-order valence-corrected chi connectivity index (χ0v) is 22.1. The fourth-order valence-electron chi connectivity index (χ4n) is 5.15. The Morgan fingerprint density at radius 1 is 0.667 bits per heavy atom. The van der Waals surface area contributed by atoms with Crippen molar-refractivity contribution in [3.63, 3.8) is 0 Å². The quantitative estimate of drug-likeness (QED) is 0.233. The highest BCUT2D eigenvalue weighted by Gasteiger charge is 2.27. The van der Waals surface area contributed by atoms with E-state index in [2.05, 4.69) is 125 Å². The van der Waals surface area contributed by atoms with Crippen molar-refractivity contribution in [2.45, 2.75) is 28.0 Å². The average molecular weight is 510 g/mol. The molecule has 6 rings (SSSR count). The van der Waals surface area contributed by atoms with Gasteiger partial charge >= 0.3 is 0 Å². The third-order valence-corrected chi connectivity index (χ3v) is 9.43. The van der Waals surface area contributed by atoms with Gasteiger partial charge in [-0.15, -0.1) is 0 Å². The van der Waals surface area contributed by atoms with E-state index in [-0.39, 0.29) is 0 Å². The van der Waals surface area contributed by atoms with Crippen molar-refractivity contribution in [3.05, 3.63) is 120 Å². The van der Waals surface area contributed by atoms with Crippen LogP contribution in [0.2, 0.25) is 0 Å². The lowest BCUT2D eigenvalue weighted by Gasteiger charge is -2.40. The molecule has 182 valence electrons. The van der Waals surface area contributed by atoms with Crippen molar-refractivity contribution in [2.24, 2.45) is 0 Å². The second-order valence-corrected chi connectivity index (χ2v) is 11.9. The standard InChI is InChI=1S/C31H31N3S2/c1-23(26-16-17-30-28(22-26)32-27-14-8-9-15-29(27)35-30)36-34-20-18-33(19-21-34)31(24-10-4-2-5-11-24)25-12-6-3-7-13-25/h2-17,22-23,31-32H,18-21H2,1H3. The summed E-state index contributed by atoms with van der Waals surface area (Å²) in [5, 5.41) is 4.05. The first kappa shape index (κ1) is 23.7. The van der Waals surface area contributed by atoms with Crippen molar-refractivity contribution in [1.29, 1.82) is 0 Å². The molecule has 0 amide bonds. The number of fused-ring (bicyclic) bond motifs is 2. The summed E-state index contributed by atoms with van der Waals surface area (Å²) in [6.07, 6.45) is 0. The molecule has 0 aromatic heterocycles. The predicted molar refractivity (Wildman–Crippen MR) is 154 cm³/mol. The second-order valence-electron chi connectivity index (χ2n) is 9.42. The highest BCUT2D eigenvalue weighted by atomic mass is 32.2. The fourth-order valence-corrected chi connectivity index (χ4v) is 7.20. The Hall–Kier alpha value is -2.70. The number of hydrogen-bond acceptors (Lipinski definition) is 5. The van der Waals surface area contributed by atoms with Crippen molar-refractivity contribution in [2.75, 3.05) is 31.5 Å². The van der Waals surface area contributed by atoms with Crippen LogP contribution in [0.4, 0.5) is 11.4 Å². The van der Waals surface area contributed by atoms with Crippen LogP contribution in [-0.4, -0.2) is 35.4 Å². The van der Waals surface area contributed by atoms with Crippen molar-refractivity contribution >= 4 is 35.1 Å². The minimum Gasteiger partial charge on any atom is -0.354 e. The number of benzene rings is 4. The number of rotatable bonds is 6. The first-order valence-electron chi connectivity index (χ1n) is 12.7. The average Bonchev–Trinajstić information content (AvgIpc) is 2.94. The molecule has 1 fully saturated rings. The molecule has 1 unspecified atom stereocenters. The number of nitrogens with zero attached hydrogens (tertiary/aromatic N) is 2. The maximum absolute atomic E-state index is 3.64. The van der Waals surface area contributed by atoms with Crippen LogP contribution < -0.4 is 5.32 Å². The summed E-state index contributed by atoms with van der Waals surface area (Å²) in [6.45, 7) is 6.59. The van der Waals surface area contributed by atoms with Gasteiger partial charge in [0.15, 0.2) is 0 Å². The molecule has 5 heteroatoms. The van der Waals surface area contributed by atoms with Gasteiger partial charge in [-0.3, -0.25) is 4.90 Å². The van der Waals surface area contributed by atoms with Crippen LogP contribution in [0.1, 0.15) is 34.9 Å². The smallest absolute Gasteiger partial charge is 0.0602 e. The van der Waals surface area contributed by atoms with E-state index < -0.39 is 0 Å².